The molecule has 0 aromatic rings. The molecule has 1 amide bonds. The van der Waals surface area contributed by atoms with Gasteiger partial charge in [-0.1, -0.05) is 0 Å². The van der Waals surface area contributed by atoms with Gasteiger partial charge in [-0.2, -0.15) is 0 Å². The Morgan fingerprint density at radius 2 is 1.78 bits per heavy atom. The number of aliphatic carboxylic acids is 1. The molecule has 8 heteroatoms. The van der Waals surface area contributed by atoms with E-state index in [2.05, 4.69) is 0 Å². The van der Waals surface area contributed by atoms with Gasteiger partial charge in [-0.15, -0.1) is 0 Å². The standard InChI is InChI=1S/C15H23F2NO5/c1-12(2,3)23-11(21)18-7-6-14(22,9-18)13(10(19)20)4-5-15(16,17)8-13/h22H,4-9H2,1-3H3,(H,19,20). The minimum Gasteiger partial charge on any atom is -0.481 e. The zero-order valence-corrected chi connectivity index (χ0v) is 13.6. The van der Waals surface area contributed by atoms with Gasteiger partial charge in [-0.25, -0.2) is 13.6 Å². The number of hydrogen-bond acceptors (Lipinski definition) is 4. The molecular formula is C15H23F2NO5. The SMILES string of the molecule is CC(C)(C)OC(=O)N1CCC(O)(C2(C(=O)O)CCC(F)(F)C2)C1. The largest absolute Gasteiger partial charge is 0.481 e. The highest BCUT2D eigenvalue weighted by atomic mass is 19.3. The third-order valence-corrected chi connectivity index (χ3v) is 4.68. The second-order valence-electron chi connectivity index (χ2n) is 7.60. The maximum atomic E-state index is 13.6. The average Bonchev–Trinajstić information content (AvgIpc) is 2.90. The van der Waals surface area contributed by atoms with Gasteiger partial charge in [0.15, 0.2) is 0 Å². The molecule has 2 atom stereocenters. The summed E-state index contributed by atoms with van der Waals surface area (Å²) in [5.74, 6) is -4.56. The van der Waals surface area contributed by atoms with Gasteiger partial charge in [0.05, 0.1) is 6.54 Å². The molecule has 2 rings (SSSR count). The first-order chi connectivity index (χ1) is 10.3. The summed E-state index contributed by atoms with van der Waals surface area (Å²) in [5, 5.41) is 20.3. The highest BCUT2D eigenvalue weighted by Crippen LogP contribution is 2.55. The molecule has 2 aliphatic rings. The topological polar surface area (TPSA) is 87.1 Å². The number of rotatable bonds is 2. The lowest BCUT2D eigenvalue weighted by Gasteiger charge is -2.39. The molecule has 1 saturated carbocycles. The highest BCUT2D eigenvalue weighted by molar-refractivity contribution is 5.78. The summed E-state index contributed by atoms with van der Waals surface area (Å²) >= 11 is 0. The number of aliphatic hydroxyl groups is 1. The molecule has 1 aliphatic carbocycles. The quantitative estimate of drug-likeness (QED) is 0.808. The molecule has 23 heavy (non-hydrogen) atoms. The van der Waals surface area contributed by atoms with Crippen molar-refractivity contribution in [3.63, 3.8) is 0 Å². The Kier molecular flexibility index (Phi) is 4.12. The monoisotopic (exact) mass is 335 g/mol. The maximum absolute atomic E-state index is 13.6. The molecular weight excluding hydrogens is 312 g/mol. The van der Waals surface area contributed by atoms with Crippen molar-refractivity contribution < 1.29 is 33.3 Å². The number of ether oxygens (including phenoxy) is 1. The van der Waals surface area contributed by atoms with Crippen molar-refractivity contribution in [3.8, 4) is 0 Å². The van der Waals surface area contributed by atoms with Crippen molar-refractivity contribution in [2.24, 2.45) is 5.41 Å². The fraction of sp³-hybridized carbons (Fsp3) is 0.867. The van der Waals surface area contributed by atoms with E-state index in [4.69, 9.17) is 4.74 Å². The highest BCUT2D eigenvalue weighted by Gasteiger charge is 2.66. The van der Waals surface area contributed by atoms with Crippen molar-refractivity contribution in [2.45, 2.75) is 63.6 Å². The Morgan fingerprint density at radius 3 is 2.22 bits per heavy atom. The number of carbonyl (C=O) groups is 2. The molecule has 1 saturated heterocycles. The van der Waals surface area contributed by atoms with E-state index in [-0.39, 0.29) is 25.9 Å². The molecule has 0 aromatic carbocycles. The van der Waals surface area contributed by atoms with Crippen molar-refractivity contribution in [3.05, 3.63) is 0 Å². The third-order valence-electron chi connectivity index (χ3n) is 4.68. The predicted molar refractivity (Wildman–Crippen MR) is 76.2 cm³/mol. The Morgan fingerprint density at radius 1 is 1.17 bits per heavy atom. The van der Waals surface area contributed by atoms with Crippen LogP contribution in [-0.2, 0) is 9.53 Å². The summed E-state index contributed by atoms with van der Waals surface area (Å²) in [7, 11) is 0. The number of β-amino-alcohol motifs (C(OH)–C–C–N with tert-alkyl or cyclic N) is 1. The molecule has 0 bridgehead atoms. The van der Waals surface area contributed by atoms with Crippen LogP contribution in [0.15, 0.2) is 0 Å². The van der Waals surface area contributed by atoms with E-state index in [9.17, 15) is 28.6 Å². The average molecular weight is 335 g/mol. The van der Waals surface area contributed by atoms with E-state index in [1.165, 1.54) is 4.90 Å². The summed E-state index contributed by atoms with van der Waals surface area (Å²) in [5.41, 5.74) is -4.55. The fourth-order valence-corrected chi connectivity index (χ4v) is 3.46. The Labute approximate surface area is 133 Å². The lowest BCUT2D eigenvalue weighted by molar-refractivity contribution is -0.171. The van der Waals surface area contributed by atoms with E-state index in [0.717, 1.165) is 0 Å². The lowest BCUT2D eigenvalue weighted by atomic mass is 9.69. The summed E-state index contributed by atoms with van der Waals surface area (Å²) in [6.07, 6.45) is -2.54. The van der Waals surface area contributed by atoms with Gasteiger partial charge in [0, 0.05) is 19.4 Å². The zero-order valence-electron chi connectivity index (χ0n) is 13.6. The normalized spacial score (nSPS) is 33.7. The van der Waals surface area contributed by atoms with E-state index < -0.39 is 47.4 Å². The van der Waals surface area contributed by atoms with Crippen LogP contribution >= 0.6 is 0 Å². The molecule has 0 radical (unpaired) electrons. The number of hydrogen-bond donors (Lipinski definition) is 2. The Balaban J connectivity index is 2.19. The van der Waals surface area contributed by atoms with Gasteiger partial charge in [0.25, 0.3) is 0 Å². The second-order valence-corrected chi connectivity index (χ2v) is 7.60. The molecule has 6 nitrogen and oxygen atoms in total. The number of alkyl halides is 2. The first-order valence-corrected chi connectivity index (χ1v) is 7.62. The smallest absolute Gasteiger partial charge is 0.410 e. The molecule has 0 spiro atoms. The number of carboxylic acid groups (broad SMARTS) is 1. The van der Waals surface area contributed by atoms with Crippen molar-refractivity contribution in [1.82, 2.24) is 4.90 Å². The van der Waals surface area contributed by atoms with Gasteiger partial charge < -0.3 is 19.8 Å². The van der Waals surface area contributed by atoms with Crippen LogP contribution in [0.4, 0.5) is 13.6 Å². The molecule has 1 aliphatic heterocycles. The number of likely N-dealkylation sites (tertiary alicyclic amines) is 1. The van der Waals surface area contributed by atoms with Crippen LogP contribution in [0.1, 0.15) is 46.5 Å². The number of carboxylic acids is 1. The van der Waals surface area contributed by atoms with E-state index in [0.29, 0.717) is 0 Å². The van der Waals surface area contributed by atoms with Crippen molar-refractivity contribution >= 4 is 12.1 Å². The molecule has 132 valence electrons. The second kappa shape index (κ2) is 5.29. The van der Waals surface area contributed by atoms with Gasteiger partial charge in [-0.3, -0.25) is 4.79 Å². The maximum Gasteiger partial charge on any atom is 0.410 e. The molecule has 0 aromatic heterocycles. The van der Waals surface area contributed by atoms with Gasteiger partial charge in [0.2, 0.25) is 5.92 Å². The van der Waals surface area contributed by atoms with Gasteiger partial charge in [-0.05, 0) is 33.6 Å². The van der Waals surface area contributed by atoms with Crippen LogP contribution in [-0.4, -0.2) is 57.4 Å². The van der Waals surface area contributed by atoms with Crippen LogP contribution in [0.25, 0.3) is 0 Å². The summed E-state index contributed by atoms with van der Waals surface area (Å²) < 4.78 is 32.4. The molecule has 2 unspecified atom stereocenters. The van der Waals surface area contributed by atoms with Gasteiger partial charge >= 0.3 is 12.1 Å². The van der Waals surface area contributed by atoms with Crippen LogP contribution in [0.2, 0.25) is 0 Å². The van der Waals surface area contributed by atoms with Crippen LogP contribution in [0, 0.1) is 5.41 Å². The zero-order chi connectivity index (χ0) is 17.7. The fourth-order valence-electron chi connectivity index (χ4n) is 3.46. The minimum absolute atomic E-state index is 0.0609. The predicted octanol–water partition coefficient (Wildman–Crippen LogP) is 2.25. The summed E-state index contributed by atoms with van der Waals surface area (Å²) in [6.45, 7) is 4.81. The van der Waals surface area contributed by atoms with Crippen molar-refractivity contribution in [1.29, 1.82) is 0 Å². The first-order valence-electron chi connectivity index (χ1n) is 7.62. The van der Waals surface area contributed by atoms with E-state index in [1.807, 2.05) is 0 Å². The number of halogens is 2. The number of carbonyl (C=O) groups excluding carboxylic acids is 1. The van der Waals surface area contributed by atoms with E-state index >= 15 is 0 Å². The van der Waals surface area contributed by atoms with Crippen LogP contribution in [0.3, 0.4) is 0 Å². The van der Waals surface area contributed by atoms with Crippen LogP contribution < -0.4 is 0 Å². The summed E-state index contributed by atoms with van der Waals surface area (Å²) in [6, 6.07) is 0. The molecule has 2 N–H and O–H groups in total. The van der Waals surface area contributed by atoms with Crippen molar-refractivity contribution in [2.75, 3.05) is 13.1 Å². The first kappa shape index (κ1) is 17.9. The Bertz CT molecular complexity index is 518. The third kappa shape index (κ3) is 3.27. The molecule has 2 fully saturated rings. The van der Waals surface area contributed by atoms with Crippen LogP contribution in [0.5, 0.6) is 0 Å². The number of nitrogens with zero attached hydrogens (tertiary/aromatic N) is 1. The number of amides is 1. The minimum atomic E-state index is -3.12. The summed E-state index contributed by atoms with van der Waals surface area (Å²) in [4.78, 5) is 24.9. The molecule has 1 heterocycles. The van der Waals surface area contributed by atoms with Gasteiger partial charge in [0.1, 0.15) is 16.6 Å². The lowest BCUT2D eigenvalue weighted by Crippen LogP contribution is -2.54. The Hall–Kier alpha value is -1.44. The van der Waals surface area contributed by atoms with E-state index in [1.54, 1.807) is 20.8 Å².